The number of aromatic nitrogens is 1. The summed E-state index contributed by atoms with van der Waals surface area (Å²) in [6, 6.07) is 0.721. The van der Waals surface area contributed by atoms with E-state index in [-0.39, 0.29) is 5.91 Å². The van der Waals surface area contributed by atoms with Crippen LogP contribution in [0.1, 0.15) is 66.8 Å². The van der Waals surface area contributed by atoms with Crippen molar-refractivity contribution in [3.8, 4) is 0 Å². The van der Waals surface area contributed by atoms with Crippen LogP contribution in [-0.4, -0.2) is 42.9 Å². The second-order valence-corrected chi connectivity index (χ2v) is 7.79. The van der Waals surface area contributed by atoms with Crippen LogP contribution in [0.5, 0.6) is 0 Å². The highest BCUT2D eigenvalue weighted by Gasteiger charge is 2.30. The van der Waals surface area contributed by atoms with Crippen molar-refractivity contribution >= 4 is 5.91 Å². The zero-order chi connectivity index (χ0) is 17.1. The Morgan fingerprint density at radius 1 is 1.08 bits per heavy atom. The molecule has 1 amide bonds. The lowest BCUT2D eigenvalue weighted by Crippen LogP contribution is -2.39. The summed E-state index contributed by atoms with van der Waals surface area (Å²) in [5, 5.41) is 10.9. The van der Waals surface area contributed by atoms with Crippen molar-refractivity contribution in [2.75, 3.05) is 19.8 Å². The molecule has 6 nitrogen and oxygen atoms in total. The Balaban J connectivity index is 1.34. The van der Waals surface area contributed by atoms with Gasteiger partial charge in [0, 0.05) is 37.3 Å². The standard InChI is InChI=1S/C19H29N3O3/c23-19(21-14-3-1-2-4-14)18-16-11-15(5-6-17(16)25-22-18)20-12-13-7-9-24-10-8-13/h13-15,20H,1-12H2,(H,21,23). The zero-order valence-electron chi connectivity index (χ0n) is 14.9. The van der Waals surface area contributed by atoms with E-state index in [1.807, 2.05) is 0 Å². The summed E-state index contributed by atoms with van der Waals surface area (Å²) in [6.07, 6.45) is 9.64. The van der Waals surface area contributed by atoms with Gasteiger partial charge in [-0.15, -0.1) is 0 Å². The Labute approximate surface area is 149 Å². The predicted octanol–water partition coefficient (Wildman–Crippen LogP) is 2.22. The molecule has 0 radical (unpaired) electrons. The Morgan fingerprint density at radius 2 is 1.88 bits per heavy atom. The van der Waals surface area contributed by atoms with E-state index in [0.29, 0.717) is 23.7 Å². The zero-order valence-corrected chi connectivity index (χ0v) is 14.9. The molecule has 1 aliphatic heterocycles. The normalized spacial score (nSPS) is 25.0. The van der Waals surface area contributed by atoms with Crippen molar-refractivity contribution in [3.05, 3.63) is 17.0 Å². The van der Waals surface area contributed by atoms with E-state index in [2.05, 4.69) is 15.8 Å². The van der Waals surface area contributed by atoms with Crippen LogP contribution >= 0.6 is 0 Å². The van der Waals surface area contributed by atoms with Gasteiger partial charge in [-0.05, 0) is 51.0 Å². The molecule has 2 heterocycles. The highest BCUT2D eigenvalue weighted by atomic mass is 16.5. The number of ether oxygens (including phenoxy) is 1. The van der Waals surface area contributed by atoms with Crippen molar-refractivity contribution in [1.82, 2.24) is 15.8 Å². The van der Waals surface area contributed by atoms with E-state index < -0.39 is 0 Å². The monoisotopic (exact) mass is 347 g/mol. The Kier molecular flexibility index (Phi) is 5.36. The smallest absolute Gasteiger partial charge is 0.273 e. The third-order valence-corrected chi connectivity index (χ3v) is 5.98. The van der Waals surface area contributed by atoms with Crippen molar-refractivity contribution < 1.29 is 14.1 Å². The molecule has 1 saturated heterocycles. The van der Waals surface area contributed by atoms with Gasteiger partial charge in [-0.2, -0.15) is 0 Å². The van der Waals surface area contributed by atoms with Crippen LogP contribution in [0.15, 0.2) is 4.52 Å². The Bertz CT molecular complexity index is 589. The van der Waals surface area contributed by atoms with Crippen LogP contribution in [0.3, 0.4) is 0 Å². The van der Waals surface area contributed by atoms with Gasteiger partial charge < -0.3 is 19.9 Å². The molecule has 0 bridgehead atoms. The van der Waals surface area contributed by atoms with Crippen LogP contribution < -0.4 is 10.6 Å². The van der Waals surface area contributed by atoms with Crippen molar-refractivity contribution in [3.63, 3.8) is 0 Å². The van der Waals surface area contributed by atoms with E-state index >= 15 is 0 Å². The van der Waals surface area contributed by atoms with Gasteiger partial charge in [0.15, 0.2) is 5.69 Å². The molecule has 1 saturated carbocycles. The van der Waals surface area contributed by atoms with E-state index in [4.69, 9.17) is 9.26 Å². The van der Waals surface area contributed by atoms with Crippen LogP contribution in [-0.2, 0) is 17.6 Å². The van der Waals surface area contributed by atoms with Crippen LogP contribution in [0.4, 0.5) is 0 Å². The van der Waals surface area contributed by atoms with Gasteiger partial charge >= 0.3 is 0 Å². The SMILES string of the molecule is O=C(NC1CCCC1)c1noc2c1CC(NCC1CCOCC1)CC2. The summed E-state index contributed by atoms with van der Waals surface area (Å²) in [4.78, 5) is 12.6. The van der Waals surface area contributed by atoms with E-state index in [1.54, 1.807) is 0 Å². The number of fused-ring (bicyclic) bond motifs is 1. The second kappa shape index (κ2) is 7.87. The number of aryl methyl sites for hydroxylation is 1. The minimum absolute atomic E-state index is 0.0537. The minimum Gasteiger partial charge on any atom is -0.381 e. The first-order valence-electron chi connectivity index (χ1n) is 9.89. The molecule has 1 aromatic rings. The molecular formula is C19H29N3O3. The van der Waals surface area contributed by atoms with E-state index in [9.17, 15) is 4.79 Å². The van der Waals surface area contributed by atoms with Crippen molar-refractivity contribution in [2.45, 2.75) is 69.9 Å². The molecule has 2 fully saturated rings. The van der Waals surface area contributed by atoms with Gasteiger partial charge in [0.1, 0.15) is 5.76 Å². The number of nitrogens with zero attached hydrogens (tertiary/aromatic N) is 1. The van der Waals surface area contributed by atoms with Crippen LogP contribution in [0.2, 0.25) is 0 Å². The Morgan fingerprint density at radius 3 is 2.68 bits per heavy atom. The van der Waals surface area contributed by atoms with E-state index in [1.165, 1.54) is 12.8 Å². The molecule has 1 atom stereocenters. The molecule has 25 heavy (non-hydrogen) atoms. The van der Waals surface area contributed by atoms with Crippen molar-refractivity contribution in [1.29, 1.82) is 0 Å². The average molecular weight is 347 g/mol. The van der Waals surface area contributed by atoms with Gasteiger partial charge in [-0.3, -0.25) is 4.79 Å². The average Bonchev–Trinajstić information content (AvgIpc) is 3.30. The summed E-state index contributed by atoms with van der Waals surface area (Å²) in [6.45, 7) is 2.81. The van der Waals surface area contributed by atoms with Crippen molar-refractivity contribution in [2.24, 2.45) is 5.92 Å². The van der Waals surface area contributed by atoms with Gasteiger partial charge in [0.2, 0.25) is 0 Å². The van der Waals surface area contributed by atoms with Crippen LogP contribution in [0.25, 0.3) is 0 Å². The summed E-state index contributed by atoms with van der Waals surface area (Å²) in [7, 11) is 0. The maximum atomic E-state index is 12.6. The summed E-state index contributed by atoms with van der Waals surface area (Å²) in [5.74, 6) is 1.56. The third kappa shape index (κ3) is 4.06. The second-order valence-electron chi connectivity index (χ2n) is 7.79. The molecule has 1 aromatic heterocycles. The molecule has 3 aliphatic rings. The highest BCUT2D eigenvalue weighted by molar-refractivity contribution is 5.94. The molecule has 2 N–H and O–H groups in total. The first kappa shape index (κ1) is 17.0. The number of hydrogen-bond donors (Lipinski definition) is 2. The lowest BCUT2D eigenvalue weighted by molar-refractivity contribution is 0.0652. The summed E-state index contributed by atoms with van der Waals surface area (Å²) >= 11 is 0. The fourth-order valence-corrected chi connectivity index (χ4v) is 4.36. The quantitative estimate of drug-likeness (QED) is 0.854. The lowest BCUT2D eigenvalue weighted by atomic mass is 9.91. The Hall–Kier alpha value is -1.40. The molecule has 0 aromatic carbocycles. The maximum absolute atomic E-state index is 12.6. The van der Waals surface area contributed by atoms with Crippen LogP contribution in [0, 0.1) is 5.92 Å². The first-order chi connectivity index (χ1) is 12.3. The summed E-state index contributed by atoms with van der Waals surface area (Å²) in [5.41, 5.74) is 1.53. The minimum atomic E-state index is -0.0537. The largest absolute Gasteiger partial charge is 0.381 e. The summed E-state index contributed by atoms with van der Waals surface area (Å²) < 4.78 is 10.9. The molecule has 4 rings (SSSR count). The maximum Gasteiger partial charge on any atom is 0.273 e. The highest BCUT2D eigenvalue weighted by Crippen LogP contribution is 2.26. The molecule has 1 unspecified atom stereocenters. The van der Waals surface area contributed by atoms with Gasteiger partial charge in [-0.25, -0.2) is 0 Å². The fraction of sp³-hybridized carbons (Fsp3) is 0.789. The number of amides is 1. The molecule has 0 spiro atoms. The lowest BCUT2D eigenvalue weighted by Gasteiger charge is -2.27. The molecule has 138 valence electrons. The van der Waals surface area contributed by atoms with Gasteiger partial charge in [0.25, 0.3) is 5.91 Å². The number of carbonyl (C=O) groups excluding carboxylic acids is 1. The number of hydrogen-bond acceptors (Lipinski definition) is 5. The van der Waals surface area contributed by atoms with Gasteiger partial charge in [-0.1, -0.05) is 18.0 Å². The predicted molar refractivity (Wildman–Crippen MR) is 93.6 cm³/mol. The van der Waals surface area contributed by atoms with Gasteiger partial charge in [0.05, 0.1) is 0 Å². The third-order valence-electron chi connectivity index (χ3n) is 5.98. The topological polar surface area (TPSA) is 76.4 Å². The molecule has 2 aliphatic carbocycles. The molecular weight excluding hydrogens is 318 g/mol. The number of rotatable bonds is 5. The molecule has 6 heteroatoms. The van der Waals surface area contributed by atoms with E-state index in [0.717, 1.165) is 76.0 Å². The fourth-order valence-electron chi connectivity index (χ4n) is 4.36. The number of carbonyl (C=O) groups is 1. The first-order valence-corrected chi connectivity index (χ1v) is 9.89. The number of nitrogens with one attached hydrogen (secondary N) is 2.